The van der Waals surface area contributed by atoms with E-state index in [1.807, 2.05) is 0 Å². The van der Waals surface area contributed by atoms with E-state index in [4.69, 9.17) is 9.98 Å². The number of aryl methyl sites for hydroxylation is 2. The van der Waals surface area contributed by atoms with Gasteiger partial charge in [0.1, 0.15) is 0 Å². The standard InChI is InChI=1S/C58H92N2/c1-5-9-13-15-17-19-21-23-25-27-29-31-33-35-37-39-41-53-45-49-55(50-46-53)59-57(43-11-7-3)58(44-12-8-4)60-56-51-47-54(48-52-56)42-40-38-36-34-32-30-28-26-24-22-20-18-16-14-10-6-2/h45-52H,5-32,37-44H2,1-4H3. The predicted molar refractivity (Wildman–Crippen MR) is 270 cm³/mol. The van der Waals surface area contributed by atoms with Crippen molar-refractivity contribution in [3.05, 3.63) is 59.7 Å². The molecule has 0 spiro atoms. The van der Waals surface area contributed by atoms with Crippen LogP contribution < -0.4 is 0 Å². The van der Waals surface area contributed by atoms with Crippen LogP contribution in [0.25, 0.3) is 0 Å². The summed E-state index contributed by atoms with van der Waals surface area (Å²) in [7, 11) is 0. The summed E-state index contributed by atoms with van der Waals surface area (Å²) in [6.45, 7) is 9.12. The van der Waals surface area contributed by atoms with Crippen LogP contribution in [0.2, 0.25) is 0 Å². The molecule has 0 heterocycles. The Morgan fingerprint density at radius 2 is 0.583 bits per heavy atom. The Hall–Kier alpha value is -3.10. The summed E-state index contributed by atoms with van der Waals surface area (Å²) < 4.78 is 0. The van der Waals surface area contributed by atoms with Gasteiger partial charge in [-0.1, -0.05) is 193 Å². The zero-order chi connectivity index (χ0) is 42.8. The maximum absolute atomic E-state index is 5.24. The third-order valence-electron chi connectivity index (χ3n) is 11.9. The van der Waals surface area contributed by atoms with E-state index < -0.39 is 0 Å². The fourth-order valence-electron chi connectivity index (χ4n) is 7.87. The molecule has 0 aliphatic carbocycles. The zero-order valence-electron chi connectivity index (χ0n) is 40.0. The largest absolute Gasteiger partial charge is 0.252 e. The molecule has 0 fully saturated rings. The second-order valence-electron chi connectivity index (χ2n) is 17.6. The molecule has 2 rings (SSSR count). The van der Waals surface area contributed by atoms with Gasteiger partial charge in [0, 0.05) is 25.7 Å². The Morgan fingerprint density at radius 1 is 0.317 bits per heavy atom. The van der Waals surface area contributed by atoms with Crippen molar-refractivity contribution in [1.29, 1.82) is 0 Å². The van der Waals surface area contributed by atoms with Gasteiger partial charge in [0.15, 0.2) is 0 Å². The number of hydrogen-bond donors (Lipinski definition) is 0. The number of unbranched alkanes of at least 4 members (excludes halogenated alkanes) is 26. The average Bonchev–Trinajstić information content (AvgIpc) is 3.27. The fourth-order valence-corrected chi connectivity index (χ4v) is 7.87. The predicted octanol–water partition coefficient (Wildman–Crippen LogP) is 19.0. The van der Waals surface area contributed by atoms with E-state index >= 15 is 0 Å². The van der Waals surface area contributed by atoms with Gasteiger partial charge in [-0.15, -0.1) is 23.7 Å². The Kier molecular flexibility index (Phi) is 35.4. The fraction of sp³-hybridized carbons (Fsp3) is 0.690. The quantitative estimate of drug-likeness (QED) is 0.0369. The second kappa shape index (κ2) is 40.0. The average molecular weight is 817 g/mol. The molecule has 0 saturated heterocycles. The lowest BCUT2D eigenvalue weighted by Crippen LogP contribution is -2.14. The lowest BCUT2D eigenvalue weighted by Gasteiger charge is -2.11. The van der Waals surface area contributed by atoms with Crippen molar-refractivity contribution in [3.8, 4) is 23.7 Å². The van der Waals surface area contributed by atoms with E-state index in [0.717, 1.165) is 113 Å². The minimum absolute atomic E-state index is 0.969. The lowest BCUT2D eigenvalue weighted by molar-refractivity contribution is 0.551. The van der Waals surface area contributed by atoms with Crippen molar-refractivity contribution in [2.24, 2.45) is 9.98 Å². The van der Waals surface area contributed by atoms with E-state index in [1.54, 1.807) is 0 Å². The molecule has 0 amide bonds. The number of aliphatic imine (C=N–C) groups is 2. The summed E-state index contributed by atoms with van der Waals surface area (Å²) in [4.78, 5) is 10.5. The van der Waals surface area contributed by atoms with Crippen LogP contribution in [-0.4, -0.2) is 11.4 Å². The second-order valence-corrected chi connectivity index (χ2v) is 17.6. The Balaban J connectivity index is 1.76. The Bertz CT molecular complexity index is 1340. The van der Waals surface area contributed by atoms with E-state index in [0.29, 0.717) is 0 Å². The minimum Gasteiger partial charge on any atom is -0.252 e. The van der Waals surface area contributed by atoms with Gasteiger partial charge in [0.05, 0.1) is 22.8 Å². The summed E-state index contributed by atoms with van der Waals surface area (Å²) in [5.74, 6) is 13.8. The first-order valence-electron chi connectivity index (χ1n) is 25.9. The highest BCUT2D eigenvalue weighted by atomic mass is 14.8. The normalized spacial score (nSPS) is 11.7. The first kappa shape index (κ1) is 53.0. The molecule has 2 heteroatoms. The van der Waals surface area contributed by atoms with Crippen LogP contribution in [-0.2, 0) is 12.8 Å². The highest BCUT2D eigenvalue weighted by Gasteiger charge is 2.11. The molecule has 60 heavy (non-hydrogen) atoms. The first-order chi connectivity index (χ1) is 29.7. The molecule has 0 aliphatic rings. The summed E-state index contributed by atoms with van der Waals surface area (Å²) in [5.41, 5.74) is 7.14. The molecule has 0 radical (unpaired) electrons. The van der Waals surface area contributed by atoms with Crippen molar-refractivity contribution >= 4 is 22.8 Å². The molecule has 334 valence electrons. The molecule has 2 aromatic rings. The van der Waals surface area contributed by atoms with Crippen LogP contribution in [0.3, 0.4) is 0 Å². The van der Waals surface area contributed by atoms with Crippen LogP contribution in [0, 0.1) is 23.7 Å². The van der Waals surface area contributed by atoms with Crippen LogP contribution >= 0.6 is 0 Å². The van der Waals surface area contributed by atoms with Gasteiger partial charge in [-0.3, -0.25) is 9.98 Å². The summed E-state index contributed by atoms with van der Waals surface area (Å²) in [6, 6.07) is 17.9. The number of hydrogen-bond acceptors (Lipinski definition) is 2. The maximum atomic E-state index is 5.24. The minimum atomic E-state index is 0.969. The SMILES string of the molecule is CCCCCCCCCCCCCC#CCCCc1ccc(N=C(CCCC)C(CCCC)=Nc2ccc(CCCC#CCCCCCCCCCCCCC)cc2)cc1. The molecule has 0 unspecified atom stereocenters. The van der Waals surface area contributed by atoms with E-state index in [2.05, 4.69) is 99.9 Å². The molecule has 0 bridgehead atoms. The van der Waals surface area contributed by atoms with Crippen molar-refractivity contribution in [2.75, 3.05) is 0 Å². The van der Waals surface area contributed by atoms with Gasteiger partial charge >= 0.3 is 0 Å². The van der Waals surface area contributed by atoms with Crippen LogP contribution in [0.4, 0.5) is 11.4 Å². The van der Waals surface area contributed by atoms with Gasteiger partial charge in [-0.2, -0.15) is 0 Å². The third kappa shape index (κ3) is 30.0. The Morgan fingerprint density at radius 3 is 0.883 bits per heavy atom. The highest BCUT2D eigenvalue weighted by Crippen LogP contribution is 2.22. The van der Waals surface area contributed by atoms with Gasteiger partial charge in [0.25, 0.3) is 0 Å². The highest BCUT2D eigenvalue weighted by molar-refractivity contribution is 6.43. The first-order valence-corrected chi connectivity index (χ1v) is 25.9. The molecule has 0 aliphatic heterocycles. The van der Waals surface area contributed by atoms with Crippen molar-refractivity contribution in [1.82, 2.24) is 0 Å². The van der Waals surface area contributed by atoms with Crippen molar-refractivity contribution in [3.63, 3.8) is 0 Å². The molecule has 0 saturated carbocycles. The third-order valence-corrected chi connectivity index (χ3v) is 11.9. The van der Waals surface area contributed by atoms with Crippen LogP contribution in [0.15, 0.2) is 58.5 Å². The van der Waals surface area contributed by atoms with Crippen LogP contribution in [0.5, 0.6) is 0 Å². The smallest absolute Gasteiger partial charge is 0.0633 e. The summed E-state index contributed by atoms with van der Waals surface area (Å²) in [6.07, 6.45) is 45.6. The van der Waals surface area contributed by atoms with Gasteiger partial charge in [-0.25, -0.2) is 0 Å². The van der Waals surface area contributed by atoms with Crippen molar-refractivity contribution < 1.29 is 0 Å². The number of nitrogens with zero attached hydrogens (tertiary/aromatic N) is 2. The molecule has 0 N–H and O–H groups in total. The molecule has 0 atom stereocenters. The van der Waals surface area contributed by atoms with E-state index in [9.17, 15) is 0 Å². The molecular formula is C58H92N2. The van der Waals surface area contributed by atoms with Gasteiger partial charge in [-0.05, 0) is 99.6 Å². The summed E-state index contributed by atoms with van der Waals surface area (Å²) >= 11 is 0. The number of benzene rings is 2. The zero-order valence-corrected chi connectivity index (χ0v) is 40.0. The van der Waals surface area contributed by atoms with Crippen molar-refractivity contribution in [2.45, 2.75) is 259 Å². The molecule has 2 aromatic carbocycles. The molecule has 0 aromatic heterocycles. The van der Waals surface area contributed by atoms with E-state index in [-0.39, 0.29) is 0 Å². The van der Waals surface area contributed by atoms with Gasteiger partial charge in [0.2, 0.25) is 0 Å². The maximum Gasteiger partial charge on any atom is 0.0633 e. The van der Waals surface area contributed by atoms with Crippen LogP contribution in [0.1, 0.15) is 257 Å². The summed E-state index contributed by atoms with van der Waals surface area (Å²) in [5, 5.41) is 0. The van der Waals surface area contributed by atoms with Gasteiger partial charge < -0.3 is 0 Å². The Labute approximate surface area is 373 Å². The lowest BCUT2D eigenvalue weighted by atomic mass is 10.0. The molecule has 2 nitrogen and oxygen atoms in total. The molecular weight excluding hydrogens is 725 g/mol. The van der Waals surface area contributed by atoms with E-state index in [1.165, 1.54) is 152 Å². The number of rotatable bonds is 37. The topological polar surface area (TPSA) is 24.7 Å². The monoisotopic (exact) mass is 817 g/mol.